The van der Waals surface area contributed by atoms with Crippen LogP contribution in [0.3, 0.4) is 0 Å². The molecule has 5 aromatic rings. The van der Waals surface area contributed by atoms with Crippen molar-refractivity contribution >= 4 is 27.2 Å². The van der Waals surface area contributed by atoms with Gasteiger partial charge in [-0.3, -0.25) is 4.72 Å². The number of thiophene rings is 1. The van der Waals surface area contributed by atoms with Gasteiger partial charge in [-0.25, -0.2) is 13.1 Å². The molecular weight excluding hydrogens is 450 g/mol. The van der Waals surface area contributed by atoms with Gasteiger partial charge in [-0.05, 0) is 53.3 Å². The van der Waals surface area contributed by atoms with Gasteiger partial charge >= 0.3 is 0 Å². The minimum atomic E-state index is -3.82. The number of sulfonamides is 1. The maximum Gasteiger partial charge on any atom is 0.263 e. The van der Waals surface area contributed by atoms with Crippen molar-refractivity contribution in [3.8, 4) is 27.4 Å². The molecule has 0 saturated heterocycles. The van der Waals surface area contributed by atoms with Gasteiger partial charge in [0.25, 0.3) is 10.0 Å². The third-order valence-electron chi connectivity index (χ3n) is 5.34. The van der Waals surface area contributed by atoms with Gasteiger partial charge in [0.2, 0.25) is 0 Å². The zero-order chi connectivity index (χ0) is 22.8. The predicted octanol–water partition coefficient (Wildman–Crippen LogP) is 6.38. The lowest BCUT2D eigenvalue weighted by atomic mass is 10.1. The van der Waals surface area contributed by atoms with Gasteiger partial charge < -0.3 is 0 Å². The molecule has 0 unspecified atom stereocenters. The van der Waals surface area contributed by atoms with Crippen molar-refractivity contribution in [2.75, 3.05) is 4.72 Å². The molecule has 0 saturated carbocycles. The number of nitrogens with zero attached hydrogens (tertiary/aromatic N) is 2. The van der Waals surface area contributed by atoms with Gasteiger partial charge in [0.1, 0.15) is 11.5 Å². The van der Waals surface area contributed by atoms with Crippen LogP contribution in [-0.4, -0.2) is 18.2 Å². The molecule has 0 spiro atoms. The minimum Gasteiger partial charge on any atom is -0.263 e. The van der Waals surface area contributed by atoms with Crippen LogP contribution in [0.25, 0.3) is 27.4 Å². The average molecular weight is 472 g/mol. The summed E-state index contributed by atoms with van der Waals surface area (Å²) in [5, 5.41) is 6.69. The van der Waals surface area contributed by atoms with Crippen LogP contribution in [0.1, 0.15) is 5.56 Å². The maximum atomic E-state index is 13.3. The SMILES string of the molecule is Cc1ccccc1-n1nc(-c2cccs2)cc1NS(=O)(=O)c1ccc(-c2ccccc2)cc1. The van der Waals surface area contributed by atoms with Crippen molar-refractivity contribution < 1.29 is 8.42 Å². The van der Waals surface area contributed by atoms with Crippen molar-refractivity contribution in [3.05, 3.63) is 108 Å². The summed E-state index contributed by atoms with van der Waals surface area (Å²) in [5.41, 5.74) is 4.51. The summed E-state index contributed by atoms with van der Waals surface area (Å²) in [5.74, 6) is 0.389. The molecule has 0 atom stereocenters. The molecule has 0 aliphatic heterocycles. The average Bonchev–Trinajstić information content (AvgIpc) is 3.50. The van der Waals surface area contributed by atoms with E-state index >= 15 is 0 Å². The molecule has 5 nitrogen and oxygen atoms in total. The topological polar surface area (TPSA) is 64.0 Å². The molecule has 2 heterocycles. The normalized spacial score (nSPS) is 11.4. The summed E-state index contributed by atoms with van der Waals surface area (Å²) in [4.78, 5) is 1.16. The van der Waals surface area contributed by atoms with Crippen molar-refractivity contribution in [3.63, 3.8) is 0 Å². The summed E-state index contributed by atoms with van der Waals surface area (Å²) < 4.78 is 30.9. The second-order valence-electron chi connectivity index (χ2n) is 7.59. The number of para-hydroxylation sites is 1. The zero-order valence-electron chi connectivity index (χ0n) is 17.8. The van der Waals surface area contributed by atoms with Gasteiger partial charge in [0, 0.05) is 6.07 Å². The van der Waals surface area contributed by atoms with E-state index in [9.17, 15) is 8.42 Å². The first-order chi connectivity index (χ1) is 16.0. The Kier molecular flexibility index (Phi) is 5.58. The molecule has 0 amide bonds. The third-order valence-corrected chi connectivity index (χ3v) is 7.60. The zero-order valence-corrected chi connectivity index (χ0v) is 19.5. The molecule has 0 aliphatic carbocycles. The number of hydrogen-bond donors (Lipinski definition) is 1. The lowest BCUT2D eigenvalue weighted by Crippen LogP contribution is -2.16. The number of benzene rings is 3. The minimum absolute atomic E-state index is 0.192. The number of nitrogens with one attached hydrogen (secondary N) is 1. The van der Waals surface area contributed by atoms with Gasteiger partial charge in [-0.1, -0.05) is 66.7 Å². The number of hydrogen-bond acceptors (Lipinski definition) is 4. The van der Waals surface area contributed by atoms with Gasteiger partial charge in [0.15, 0.2) is 0 Å². The van der Waals surface area contributed by atoms with E-state index in [2.05, 4.69) is 4.72 Å². The fraction of sp³-hybridized carbons (Fsp3) is 0.0385. The van der Waals surface area contributed by atoms with Crippen LogP contribution in [0.5, 0.6) is 0 Å². The van der Waals surface area contributed by atoms with Crippen LogP contribution >= 0.6 is 11.3 Å². The van der Waals surface area contributed by atoms with Crippen LogP contribution in [0, 0.1) is 6.92 Å². The molecule has 0 fully saturated rings. The van der Waals surface area contributed by atoms with Gasteiger partial charge in [-0.15, -0.1) is 11.3 Å². The van der Waals surface area contributed by atoms with E-state index in [-0.39, 0.29) is 4.90 Å². The third kappa shape index (κ3) is 4.33. The first kappa shape index (κ1) is 21.2. The predicted molar refractivity (Wildman–Crippen MR) is 134 cm³/mol. The fourth-order valence-corrected chi connectivity index (χ4v) is 5.35. The summed E-state index contributed by atoms with van der Waals surface area (Å²) in [7, 11) is -3.82. The van der Waals surface area contributed by atoms with E-state index in [1.165, 1.54) is 0 Å². The summed E-state index contributed by atoms with van der Waals surface area (Å²) in [6, 6.07) is 30.2. The molecule has 5 rings (SSSR count). The van der Waals surface area contributed by atoms with E-state index in [1.807, 2.05) is 91.2 Å². The highest BCUT2D eigenvalue weighted by molar-refractivity contribution is 7.92. The molecule has 0 bridgehead atoms. The quantitative estimate of drug-likeness (QED) is 0.313. The molecule has 164 valence electrons. The van der Waals surface area contributed by atoms with Crippen molar-refractivity contribution in [2.24, 2.45) is 0 Å². The highest BCUT2D eigenvalue weighted by Crippen LogP contribution is 2.30. The van der Waals surface area contributed by atoms with Crippen molar-refractivity contribution in [1.29, 1.82) is 0 Å². The van der Waals surface area contributed by atoms with Crippen LogP contribution in [-0.2, 0) is 10.0 Å². The van der Waals surface area contributed by atoms with E-state index in [1.54, 1.807) is 34.2 Å². The standard InChI is InChI=1S/C26H21N3O2S2/c1-19-8-5-6-11-24(19)29-26(18-23(27-29)25-12-7-17-32-25)28-33(30,31)22-15-13-21(14-16-22)20-9-3-2-4-10-20/h2-18,28H,1H3. The van der Waals surface area contributed by atoms with Crippen LogP contribution < -0.4 is 4.72 Å². The number of anilines is 1. The molecule has 33 heavy (non-hydrogen) atoms. The lowest BCUT2D eigenvalue weighted by molar-refractivity contribution is 0.600. The van der Waals surface area contributed by atoms with Crippen LogP contribution in [0.15, 0.2) is 107 Å². The molecule has 3 aromatic carbocycles. The Morgan fingerprint density at radius 2 is 1.52 bits per heavy atom. The fourth-order valence-electron chi connectivity index (χ4n) is 3.64. The number of aryl methyl sites for hydroxylation is 1. The first-order valence-electron chi connectivity index (χ1n) is 10.4. The second kappa shape index (κ2) is 8.69. The Hall–Kier alpha value is -3.68. The Bertz CT molecular complexity index is 1490. The Balaban J connectivity index is 1.52. The van der Waals surface area contributed by atoms with Crippen molar-refractivity contribution in [1.82, 2.24) is 9.78 Å². The highest BCUT2D eigenvalue weighted by atomic mass is 32.2. The summed E-state index contributed by atoms with van der Waals surface area (Å²) in [6.45, 7) is 1.97. The van der Waals surface area contributed by atoms with Crippen molar-refractivity contribution in [2.45, 2.75) is 11.8 Å². The smallest absolute Gasteiger partial charge is 0.263 e. The van der Waals surface area contributed by atoms with Gasteiger partial charge in [-0.2, -0.15) is 5.10 Å². The van der Waals surface area contributed by atoms with Crippen LogP contribution in [0.4, 0.5) is 5.82 Å². The molecular formula is C26H21N3O2S2. The second-order valence-corrected chi connectivity index (χ2v) is 10.2. The Morgan fingerprint density at radius 3 is 2.21 bits per heavy atom. The number of aromatic nitrogens is 2. The first-order valence-corrected chi connectivity index (χ1v) is 12.8. The molecule has 0 radical (unpaired) electrons. The van der Waals surface area contributed by atoms with E-state index in [0.29, 0.717) is 11.5 Å². The highest BCUT2D eigenvalue weighted by Gasteiger charge is 2.20. The molecule has 0 aliphatic rings. The lowest BCUT2D eigenvalue weighted by Gasteiger charge is -2.12. The van der Waals surface area contributed by atoms with E-state index in [0.717, 1.165) is 27.3 Å². The van der Waals surface area contributed by atoms with Crippen LogP contribution in [0.2, 0.25) is 0 Å². The van der Waals surface area contributed by atoms with E-state index < -0.39 is 10.0 Å². The van der Waals surface area contributed by atoms with E-state index in [4.69, 9.17) is 5.10 Å². The molecule has 1 N–H and O–H groups in total. The Labute approximate surface area is 197 Å². The monoisotopic (exact) mass is 471 g/mol. The Morgan fingerprint density at radius 1 is 0.818 bits per heavy atom. The number of rotatable bonds is 6. The van der Waals surface area contributed by atoms with Gasteiger partial charge in [0.05, 0.1) is 15.5 Å². The summed E-state index contributed by atoms with van der Waals surface area (Å²) >= 11 is 1.56. The largest absolute Gasteiger partial charge is 0.263 e. The molecule has 7 heteroatoms. The summed E-state index contributed by atoms with van der Waals surface area (Å²) in [6.07, 6.45) is 0. The molecule has 2 aromatic heterocycles. The maximum absolute atomic E-state index is 13.3.